The number of rotatable bonds is 4. The fourth-order valence-electron chi connectivity index (χ4n) is 2.96. The number of likely N-dealkylation sites (tertiary alicyclic amines) is 1. The normalized spacial score (nSPS) is 24.1. The van der Waals surface area contributed by atoms with E-state index >= 15 is 0 Å². The van der Waals surface area contributed by atoms with E-state index in [2.05, 4.69) is 6.58 Å². The smallest absolute Gasteiger partial charge is 0.234 e. The summed E-state index contributed by atoms with van der Waals surface area (Å²) in [5.74, 6) is -1.49. The molecular formula is C17H21NO3. The first-order chi connectivity index (χ1) is 9.82. The second kappa shape index (κ2) is 5.35. The molecule has 0 radical (unpaired) electrons. The predicted molar refractivity (Wildman–Crippen MR) is 81.1 cm³/mol. The highest BCUT2D eigenvalue weighted by molar-refractivity contribution is 6.12. The lowest BCUT2D eigenvalue weighted by Crippen LogP contribution is -2.43. The van der Waals surface area contributed by atoms with Crippen LogP contribution in [0.4, 0.5) is 0 Å². The summed E-state index contributed by atoms with van der Waals surface area (Å²) in [6.07, 6.45) is 1.67. The molecule has 1 aromatic rings. The summed E-state index contributed by atoms with van der Waals surface area (Å²) in [6, 6.07) is 6.36. The maximum atomic E-state index is 12.7. The Labute approximate surface area is 125 Å². The number of amides is 1. The van der Waals surface area contributed by atoms with E-state index in [1.807, 2.05) is 20.8 Å². The number of nitrogens with zero attached hydrogens (tertiary/aromatic N) is 1. The Kier molecular flexibility index (Phi) is 3.90. The SMILES string of the molecule is C=CCN1C(=O)[C@H](C(=O)c2ccccc2O)[C@@H](C)C1(C)C. The van der Waals surface area contributed by atoms with Crippen molar-refractivity contribution in [2.24, 2.45) is 11.8 Å². The zero-order valence-corrected chi connectivity index (χ0v) is 12.7. The molecule has 1 heterocycles. The Morgan fingerprint density at radius 3 is 2.62 bits per heavy atom. The first-order valence-electron chi connectivity index (χ1n) is 7.07. The molecule has 0 aromatic heterocycles. The number of benzene rings is 1. The lowest BCUT2D eigenvalue weighted by molar-refractivity contribution is -0.131. The van der Waals surface area contributed by atoms with Gasteiger partial charge in [0.1, 0.15) is 11.7 Å². The maximum absolute atomic E-state index is 12.7. The van der Waals surface area contributed by atoms with Gasteiger partial charge in [0.05, 0.1) is 5.56 Å². The van der Waals surface area contributed by atoms with Crippen LogP contribution in [0.25, 0.3) is 0 Å². The molecule has 112 valence electrons. The molecule has 1 N–H and O–H groups in total. The fraction of sp³-hybridized carbons (Fsp3) is 0.412. The molecule has 21 heavy (non-hydrogen) atoms. The standard InChI is InChI=1S/C17H21NO3/c1-5-10-18-16(21)14(11(2)17(18,3)4)15(20)12-8-6-7-9-13(12)19/h5-9,11,14,19H,1,10H2,2-4H3/t11-,14+/m1/s1. The van der Waals surface area contributed by atoms with Gasteiger partial charge in [0, 0.05) is 12.1 Å². The quantitative estimate of drug-likeness (QED) is 0.526. The topological polar surface area (TPSA) is 57.6 Å². The molecule has 4 heteroatoms. The second-order valence-electron chi connectivity index (χ2n) is 6.04. The minimum Gasteiger partial charge on any atom is -0.507 e. The highest BCUT2D eigenvalue weighted by atomic mass is 16.3. The largest absolute Gasteiger partial charge is 0.507 e. The molecule has 0 saturated carbocycles. The third-order valence-electron chi connectivity index (χ3n) is 4.61. The van der Waals surface area contributed by atoms with E-state index in [4.69, 9.17) is 0 Å². The molecule has 0 unspecified atom stereocenters. The van der Waals surface area contributed by atoms with Gasteiger partial charge >= 0.3 is 0 Å². The molecule has 1 saturated heterocycles. The number of ketones is 1. The molecular weight excluding hydrogens is 266 g/mol. The van der Waals surface area contributed by atoms with Gasteiger partial charge in [-0.3, -0.25) is 9.59 Å². The van der Waals surface area contributed by atoms with Crippen LogP contribution in [0.15, 0.2) is 36.9 Å². The summed E-state index contributed by atoms with van der Waals surface area (Å²) in [5, 5.41) is 9.85. The summed E-state index contributed by atoms with van der Waals surface area (Å²) in [4.78, 5) is 27.0. The number of para-hydroxylation sites is 1. The first kappa shape index (κ1) is 15.3. The maximum Gasteiger partial charge on any atom is 0.234 e. The number of aromatic hydroxyl groups is 1. The molecule has 1 amide bonds. The van der Waals surface area contributed by atoms with Crippen molar-refractivity contribution in [3.63, 3.8) is 0 Å². The highest BCUT2D eigenvalue weighted by Gasteiger charge is 2.53. The van der Waals surface area contributed by atoms with Gasteiger partial charge in [-0.1, -0.05) is 25.1 Å². The van der Waals surface area contributed by atoms with Crippen molar-refractivity contribution in [1.29, 1.82) is 0 Å². The average molecular weight is 287 g/mol. The minimum atomic E-state index is -0.756. The van der Waals surface area contributed by atoms with Crippen molar-refractivity contribution in [2.45, 2.75) is 26.3 Å². The van der Waals surface area contributed by atoms with Gasteiger partial charge in [-0.2, -0.15) is 0 Å². The number of Topliss-reactive ketones (excluding diaryl/α,β-unsaturated/α-hetero) is 1. The van der Waals surface area contributed by atoms with Crippen LogP contribution in [0.3, 0.4) is 0 Å². The van der Waals surface area contributed by atoms with Gasteiger partial charge in [-0.25, -0.2) is 0 Å². The highest BCUT2D eigenvalue weighted by Crippen LogP contribution is 2.41. The Balaban J connectivity index is 2.40. The number of phenolic OH excluding ortho intramolecular Hbond substituents is 1. The molecule has 0 aliphatic carbocycles. The van der Waals surface area contributed by atoms with Gasteiger partial charge in [0.15, 0.2) is 5.78 Å². The van der Waals surface area contributed by atoms with Crippen LogP contribution in [0.1, 0.15) is 31.1 Å². The summed E-state index contributed by atoms with van der Waals surface area (Å²) in [5.41, 5.74) is -0.213. The van der Waals surface area contributed by atoms with Gasteiger partial charge in [-0.05, 0) is 31.9 Å². The van der Waals surface area contributed by atoms with Crippen molar-refractivity contribution in [3.8, 4) is 5.75 Å². The van der Waals surface area contributed by atoms with Crippen LogP contribution in [-0.2, 0) is 4.79 Å². The molecule has 1 fully saturated rings. The molecule has 1 aliphatic rings. The molecule has 0 bridgehead atoms. The monoisotopic (exact) mass is 287 g/mol. The zero-order valence-electron chi connectivity index (χ0n) is 12.7. The summed E-state index contributed by atoms with van der Waals surface area (Å²) in [7, 11) is 0. The number of carbonyl (C=O) groups excluding carboxylic acids is 2. The van der Waals surface area contributed by atoms with Crippen molar-refractivity contribution >= 4 is 11.7 Å². The third kappa shape index (κ3) is 2.35. The summed E-state index contributed by atoms with van der Waals surface area (Å²) < 4.78 is 0. The van der Waals surface area contributed by atoms with Crippen molar-refractivity contribution in [2.75, 3.05) is 6.54 Å². The van der Waals surface area contributed by atoms with Crippen LogP contribution >= 0.6 is 0 Å². The van der Waals surface area contributed by atoms with Gasteiger partial charge in [0.25, 0.3) is 0 Å². The van der Waals surface area contributed by atoms with Crippen molar-refractivity contribution in [1.82, 2.24) is 4.90 Å². The zero-order chi connectivity index (χ0) is 15.8. The molecule has 2 atom stereocenters. The number of carbonyl (C=O) groups is 2. The van der Waals surface area contributed by atoms with Crippen LogP contribution < -0.4 is 0 Å². The van der Waals surface area contributed by atoms with E-state index in [0.29, 0.717) is 6.54 Å². The van der Waals surface area contributed by atoms with E-state index < -0.39 is 11.5 Å². The lowest BCUT2D eigenvalue weighted by Gasteiger charge is -2.33. The second-order valence-corrected chi connectivity index (χ2v) is 6.04. The van der Waals surface area contributed by atoms with Crippen molar-refractivity contribution < 1.29 is 14.7 Å². The van der Waals surface area contributed by atoms with Crippen LogP contribution in [0.2, 0.25) is 0 Å². The van der Waals surface area contributed by atoms with Crippen LogP contribution in [0, 0.1) is 11.8 Å². The molecule has 4 nitrogen and oxygen atoms in total. The fourth-order valence-corrected chi connectivity index (χ4v) is 2.96. The van der Waals surface area contributed by atoms with E-state index in [1.165, 1.54) is 6.07 Å². The predicted octanol–water partition coefficient (Wildman–Crippen LogP) is 2.63. The van der Waals surface area contributed by atoms with Gasteiger partial charge in [-0.15, -0.1) is 6.58 Å². The average Bonchev–Trinajstić information content (AvgIpc) is 2.60. The molecule has 1 aliphatic heterocycles. The van der Waals surface area contributed by atoms with E-state index in [-0.39, 0.29) is 28.9 Å². The van der Waals surface area contributed by atoms with Crippen molar-refractivity contribution in [3.05, 3.63) is 42.5 Å². The number of hydrogen-bond donors (Lipinski definition) is 1. The first-order valence-corrected chi connectivity index (χ1v) is 7.07. The van der Waals surface area contributed by atoms with Crippen LogP contribution in [-0.4, -0.2) is 33.8 Å². The number of phenols is 1. The van der Waals surface area contributed by atoms with E-state index in [1.54, 1.807) is 29.2 Å². The lowest BCUT2D eigenvalue weighted by atomic mass is 9.80. The molecule has 0 spiro atoms. The third-order valence-corrected chi connectivity index (χ3v) is 4.61. The Morgan fingerprint density at radius 2 is 2.05 bits per heavy atom. The van der Waals surface area contributed by atoms with E-state index in [9.17, 15) is 14.7 Å². The van der Waals surface area contributed by atoms with Gasteiger partial charge < -0.3 is 10.0 Å². The Morgan fingerprint density at radius 1 is 1.43 bits per heavy atom. The number of hydrogen-bond acceptors (Lipinski definition) is 3. The van der Waals surface area contributed by atoms with Crippen LogP contribution in [0.5, 0.6) is 5.75 Å². The minimum absolute atomic E-state index is 0.0810. The summed E-state index contributed by atoms with van der Waals surface area (Å²) >= 11 is 0. The van der Waals surface area contributed by atoms with Gasteiger partial charge in [0.2, 0.25) is 5.91 Å². The molecule has 2 rings (SSSR count). The Bertz CT molecular complexity index is 591. The van der Waals surface area contributed by atoms with E-state index in [0.717, 1.165) is 0 Å². The molecule has 1 aromatic carbocycles. The summed E-state index contributed by atoms with van der Waals surface area (Å²) in [6.45, 7) is 9.91. The Hall–Kier alpha value is -2.10.